The summed E-state index contributed by atoms with van der Waals surface area (Å²) in [5, 5.41) is 0. The summed E-state index contributed by atoms with van der Waals surface area (Å²) >= 11 is 3.49. The minimum Gasteiger partial charge on any atom is -0.399 e. The van der Waals surface area contributed by atoms with E-state index in [0.29, 0.717) is 0 Å². The molecule has 0 saturated carbocycles. The van der Waals surface area contributed by atoms with E-state index in [-0.39, 0.29) is 11.9 Å². The first-order valence-electron chi connectivity index (χ1n) is 6.96. The first kappa shape index (κ1) is 14.1. The van der Waals surface area contributed by atoms with Gasteiger partial charge in [-0.05, 0) is 61.7 Å². The molecule has 3 nitrogen and oxygen atoms in total. The van der Waals surface area contributed by atoms with E-state index in [9.17, 15) is 4.79 Å². The first-order valence-corrected chi connectivity index (χ1v) is 7.75. The molecule has 1 atom stereocenters. The zero-order valence-corrected chi connectivity index (χ0v) is 13.6. The van der Waals surface area contributed by atoms with E-state index < -0.39 is 0 Å². The number of hydrogen-bond acceptors (Lipinski definition) is 2. The molecule has 0 saturated heterocycles. The van der Waals surface area contributed by atoms with Crippen LogP contribution in [0.5, 0.6) is 0 Å². The Bertz CT molecular complexity index is 727. The second kappa shape index (κ2) is 5.19. The number of anilines is 2. The lowest BCUT2D eigenvalue weighted by Crippen LogP contribution is -2.36. The third-order valence-electron chi connectivity index (χ3n) is 4.04. The number of nitrogens with two attached hydrogens (primary N) is 1. The Morgan fingerprint density at radius 2 is 2.10 bits per heavy atom. The van der Waals surface area contributed by atoms with Crippen molar-refractivity contribution in [1.82, 2.24) is 0 Å². The van der Waals surface area contributed by atoms with Crippen molar-refractivity contribution in [3.05, 3.63) is 57.6 Å². The Kier molecular flexibility index (Phi) is 3.49. The standard InChI is InChI=1S/C17H17BrN2O/c1-10-8-12-9-13(19)6-7-16(12)20(10)17(21)14-4-3-5-15(18)11(14)2/h3-7,9-10H,8,19H2,1-2H3. The number of carbonyl (C=O) groups excluding carboxylic acids is 1. The number of fused-ring (bicyclic) bond motifs is 1. The summed E-state index contributed by atoms with van der Waals surface area (Å²) in [6.45, 7) is 4.03. The van der Waals surface area contributed by atoms with Crippen molar-refractivity contribution in [1.29, 1.82) is 0 Å². The van der Waals surface area contributed by atoms with Crippen molar-refractivity contribution >= 4 is 33.2 Å². The van der Waals surface area contributed by atoms with Crippen LogP contribution in [0.15, 0.2) is 40.9 Å². The third-order valence-corrected chi connectivity index (χ3v) is 4.90. The fraction of sp³-hybridized carbons (Fsp3) is 0.235. The van der Waals surface area contributed by atoms with Crippen LogP contribution in [0, 0.1) is 6.92 Å². The molecule has 2 N–H and O–H groups in total. The summed E-state index contributed by atoms with van der Waals surface area (Å²) in [7, 11) is 0. The molecular formula is C17H17BrN2O. The van der Waals surface area contributed by atoms with Gasteiger partial charge in [0.05, 0.1) is 0 Å². The second-order valence-electron chi connectivity index (χ2n) is 5.53. The predicted molar refractivity (Wildman–Crippen MR) is 89.7 cm³/mol. The van der Waals surface area contributed by atoms with Gasteiger partial charge in [-0.25, -0.2) is 0 Å². The molecule has 1 aliphatic heterocycles. The van der Waals surface area contributed by atoms with Crippen molar-refractivity contribution in [3.63, 3.8) is 0 Å². The minimum absolute atomic E-state index is 0.0461. The highest BCUT2D eigenvalue weighted by molar-refractivity contribution is 9.10. The van der Waals surface area contributed by atoms with Gasteiger partial charge in [0.2, 0.25) is 0 Å². The fourth-order valence-electron chi connectivity index (χ4n) is 2.93. The van der Waals surface area contributed by atoms with Crippen molar-refractivity contribution in [3.8, 4) is 0 Å². The van der Waals surface area contributed by atoms with Gasteiger partial charge in [0.15, 0.2) is 0 Å². The molecular weight excluding hydrogens is 328 g/mol. The van der Waals surface area contributed by atoms with Crippen LogP contribution in [-0.2, 0) is 6.42 Å². The Hall–Kier alpha value is -1.81. The molecule has 2 aromatic carbocycles. The molecule has 1 unspecified atom stereocenters. The van der Waals surface area contributed by atoms with Gasteiger partial charge in [0.25, 0.3) is 5.91 Å². The number of hydrogen-bond donors (Lipinski definition) is 1. The topological polar surface area (TPSA) is 46.3 Å². The van der Waals surface area contributed by atoms with Crippen LogP contribution in [0.25, 0.3) is 0 Å². The van der Waals surface area contributed by atoms with E-state index in [0.717, 1.165) is 39.0 Å². The smallest absolute Gasteiger partial charge is 0.258 e. The summed E-state index contributed by atoms with van der Waals surface area (Å²) in [6.07, 6.45) is 0.846. The van der Waals surface area contributed by atoms with Gasteiger partial charge >= 0.3 is 0 Å². The average molecular weight is 345 g/mol. The van der Waals surface area contributed by atoms with Crippen molar-refractivity contribution in [2.45, 2.75) is 26.3 Å². The van der Waals surface area contributed by atoms with Gasteiger partial charge in [0.1, 0.15) is 0 Å². The molecule has 0 radical (unpaired) electrons. The number of amides is 1. The van der Waals surface area contributed by atoms with Crippen LogP contribution in [0.4, 0.5) is 11.4 Å². The number of halogens is 1. The van der Waals surface area contributed by atoms with Crippen LogP contribution in [-0.4, -0.2) is 11.9 Å². The monoisotopic (exact) mass is 344 g/mol. The Labute approximate surface area is 132 Å². The van der Waals surface area contributed by atoms with Crippen LogP contribution in [0.3, 0.4) is 0 Å². The van der Waals surface area contributed by atoms with Crippen LogP contribution in [0.2, 0.25) is 0 Å². The molecule has 0 bridgehead atoms. The lowest BCUT2D eigenvalue weighted by atomic mass is 10.1. The molecule has 1 heterocycles. The Morgan fingerprint density at radius 1 is 1.33 bits per heavy atom. The highest BCUT2D eigenvalue weighted by Crippen LogP contribution is 2.35. The van der Waals surface area contributed by atoms with Crippen LogP contribution in [0.1, 0.15) is 28.4 Å². The molecule has 0 fully saturated rings. The maximum absolute atomic E-state index is 13.0. The van der Waals surface area contributed by atoms with Gasteiger partial charge in [-0.1, -0.05) is 22.0 Å². The summed E-state index contributed by atoms with van der Waals surface area (Å²) in [4.78, 5) is 14.8. The predicted octanol–water partition coefficient (Wildman–Crippen LogP) is 3.93. The number of nitrogen functional groups attached to an aromatic ring is 1. The average Bonchev–Trinajstić information content (AvgIpc) is 2.76. The van der Waals surface area contributed by atoms with E-state index >= 15 is 0 Å². The summed E-state index contributed by atoms with van der Waals surface area (Å²) in [5.41, 5.74) is 10.4. The normalized spacial score (nSPS) is 16.9. The molecule has 0 spiro atoms. The first-order chi connectivity index (χ1) is 9.99. The van der Waals surface area contributed by atoms with E-state index in [4.69, 9.17) is 5.73 Å². The summed E-state index contributed by atoms with van der Waals surface area (Å²) in [5.74, 6) is 0.0461. The Morgan fingerprint density at radius 3 is 2.86 bits per heavy atom. The summed E-state index contributed by atoms with van der Waals surface area (Å²) in [6, 6.07) is 11.6. The van der Waals surface area contributed by atoms with Crippen molar-refractivity contribution in [2.24, 2.45) is 0 Å². The van der Waals surface area contributed by atoms with Gasteiger partial charge in [-0.2, -0.15) is 0 Å². The van der Waals surface area contributed by atoms with Gasteiger partial charge in [-0.15, -0.1) is 0 Å². The zero-order valence-electron chi connectivity index (χ0n) is 12.1. The highest BCUT2D eigenvalue weighted by atomic mass is 79.9. The SMILES string of the molecule is Cc1c(Br)cccc1C(=O)N1c2ccc(N)cc2CC1C. The molecule has 2 aromatic rings. The molecule has 1 aliphatic rings. The van der Waals surface area contributed by atoms with Gasteiger partial charge in [0, 0.05) is 27.5 Å². The largest absolute Gasteiger partial charge is 0.399 e. The molecule has 3 rings (SSSR count). The quantitative estimate of drug-likeness (QED) is 0.796. The lowest BCUT2D eigenvalue weighted by molar-refractivity contribution is 0.0981. The molecule has 0 aliphatic carbocycles. The number of nitrogens with zero attached hydrogens (tertiary/aromatic N) is 1. The third kappa shape index (κ3) is 2.33. The fourth-order valence-corrected chi connectivity index (χ4v) is 3.30. The lowest BCUT2D eigenvalue weighted by Gasteiger charge is -2.24. The summed E-state index contributed by atoms with van der Waals surface area (Å²) < 4.78 is 0.956. The van der Waals surface area contributed by atoms with E-state index in [1.165, 1.54) is 0 Å². The van der Waals surface area contributed by atoms with Gasteiger partial charge < -0.3 is 10.6 Å². The molecule has 1 amide bonds. The molecule has 108 valence electrons. The van der Waals surface area contributed by atoms with E-state index in [2.05, 4.69) is 22.9 Å². The van der Waals surface area contributed by atoms with E-state index in [1.54, 1.807) is 0 Å². The van der Waals surface area contributed by atoms with E-state index in [1.807, 2.05) is 48.2 Å². The van der Waals surface area contributed by atoms with Crippen molar-refractivity contribution < 1.29 is 4.79 Å². The molecule has 4 heteroatoms. The van der Waals surface area contributed by atoms with Crippen LogP contribution >= 0.6 is 15.9 Å². The maximum atomic E-state index is 13.0. The van der Waals surface area contributed by atoms with Crippen LogP contribution < -0.4 is 10.6 Å². The number of carbonyl (C=O) groups is 1. The van der Waals surface area contributed by atoms with Crippen molar-refractivity contribution in [2.75, 3.05) is 10.6 Å². The molecule has 21 heavy (non-hydrogen) atoms. The minimum atomic E-state index is 0.0461. The van der Waals surface area contributed by atoms with Gasteiger partial charge in [-0.3, -0.25) is 4.79 Å². The number of benzene rings is 2. The Balaban J connectivity index is 2.05. The zero-order chi connectivity index (χ0) is 15.1. The maximum Gasteiger partial charge on any atom is 0.258 e. The highest BCUT2D eigenvalue weighted by Gasteiger charge is 2.32. The molecule has 0 aromatic heterocycles. The number of rotatable bonds is 1. The second-order valence-corrected chi connectivity index (χ2v) is 6.38.